The van der Waals surface area contributed by atoms with E-state index < -0.39 is 5.91 Å². The van der Waals surface area contributed by atoms with Gasteiger partial charge in [0.15, 0.2) is 4.80 Å². The Balaban J connectivity index is 2.05. The number of thiazole rings is 1. The predicted molar refractivity (Wildman–Crippen MR) is 76.1 cm³/mol. The second-order valence-corrected chi connectivity index (χ2v) is 5.54. The van der Waals surface area contributed by atoms with E-state index in [0.29, 0.717) is 18.0 Å². The zero-order valence-corrected chi connectivity index (χ0v) is 12.1. The number of carbonyl (C=O) groups is 1. The molecule has 2 aromatic rings. The normalized spacial score (nSPS) is 15.7. The minimum atomic E-state index is -0.413. The Hall–Kier alpha value is -2.08. The average molecular weight is 290 g/mol. The first-order valence-electron chi connectivity index (χ1n) is 6.25. The number of carbonyl (C=O) groups excluding carboxylic acids is 1. The summed E-state index contributed by atoms with van der Waals surface area (Å²) in [4.78, 5) is 16.8. The monoisotopic (exact) mass is 290 g/mol. The van der Waals surface area contributed by atoms with E-state index in [1.165, 1.54) is 23.2 Å². The largest absolute Gasteiger partial charge is 0.494 e. The molecule has 2 heterocycles. The summed E-state index contributed by atoms with van der Waals surface area (Å²) >= 11 is 1.48. The minimum Gasteiger partial charge on any atom is -0.494 e. The maximum absolute atomic E-state index is 12.0. The van der Waals surface area contributed by atoms with E-state index in [-0.39, 0.29) is 5.76 Å². The second kappa shape index (κ2) is 5.13. The maximum Gasteiger partial charge on any atom is 0.317 e. The van der Waals surface area contributed by atoms with Crippen molar-refractivity contribution in [2.45, 2.75) is 6.92 Å². The van der Waals surface area contributed by atoms with Crippen molar-refractivity contribution < 1.29 is 14.3 Å². The molecule has 0 aliphatic carbocycles. The van der Waals surface area contributed by atoms with Crippen LogP contribution in [0.4, 0.5) is 0 Å². The number of amides is 1. The van der Waals surface area contributed by atoms with Crippen LogP contribution in [0, 0.1) is 6.92 Å². The predicted octanol–water partition coefficient (Wildman–Crippen LogP) is 1.86. The lowest BCUT2D eigenvalue weighted by Crippen LogP contribution is -2.18. The maximum atomic E-state index is 12.0. The summed E-state index contributed by atoms with van der Waals surface area (Å²) < 4.78 is 13.3. The molecule has 0 saturated carbocycles. The number of hydrogen-bond donors (Lipinski definition) is 0. The Labute approximate surface area is 119 Å². The molecule has 0 radical (unpaired) electrons. The van der Waals surface area contributed by atoms with Gasteiger partial charge in [-0.2, -0.15) is 4.99 Å². The Morgan fingerprint density at radius 1 is 1.40 bits per heavy atom. The van der Waals surface area contributed by atoms with Crippen LogP contribution in [0.1, 0.15) is 5.56 Å². The molecule has 0 fully saturated rings. The van der Waals surface area contributed by atoms with Crippen LogP contribution in [0.15, 0.2) is 35.2 Å². The Morgan fingerprint density at radius 2 is 2.25 bits per heavy atom. The fraction of sp³-hybridized carbons (Fsp3) is 0.286. The van der Waals surface area contributed by atoms with Crippen molar-refractivity contribution in [3.05, 3.63) is 40.6 Å². The Kier molecular flexibility index (Phi) is 3.31. The third-order valence-electron chi connectivity index (χ3n) is 3.02. The minimum absolute atomic E-state index is 0.157. The molecular formula is C14H14N2O3S. The molecule has 1 aromatic carbocycles. The summed E-state index contributed by atoms with van der Waals surface area (Å²) in [6.45, 7) is 2.89. The van der Waals surface area contributed by atoms with E-state index in [0.717, 1.165) is 10.2 Å². The van der Waals surface area contributed by atoms with Crippen LogP contribution < -0.4 is 4.80 Å². The van der Waals surface area contributed by atoms with Crippen LogP contribution >= 0.6 is 11.3 Å². The van der Waals surface area contributed by atoms with Crippen molar-refractivity contribution in [1.29, 1.82) is 0 Å². The molecule has 104 valence electrons. The first-order valence-corrected chi connectivity index (χ1v) is 7.06. The molecule has 0 N–H and O–H groups in total. The molecule has 0 saturated heterocycles. The highest BCUT2D eigenvalue weighted by Crippen LogP contribution is 2.18. The van der Waals surface area contributed by atoms with Crippen molar-refractivity contribution in [1.82, 2.24) is 4.57 Å². The number of aryl methyl sites for hydroxylation is 2. The summed E-state index contributed by atoms with van der Waals surface area (Å²) in [6.07, 6.45) is 1.33. The van der Waals surface area contributed by atoms with E-state index in [2.05, 4.69) is 11.1 Å². The van der Waals surface area contributed by atoms with Gasteiger partial charge in [0.1, 0.15) is 19.5 Å². The van der Waals surface area contributed by atoms with E-state index in [9.17, 15) is 4.79 Å². The molecule has 6 heteroatoms. The van der Waals surface area contributed by atoms with Gasteiger partial charge in [0.05, 0.1) is 10.2 Å². The quantitative estimate of drug-likeness (QED) is 0.805. The molecule has 5 nitrogen and oxygen atoms in total. The van der Waals surface area contributed by atoms with Crippen molar-refractivity contribution in [2.75, 3.05) is 13.2 Å². The van der Waals surface area contributed by atoms with Gasteiger partial charge in [0.25, 0.3) is 0 Å². The van der Waals surface area contributed by atoms with Crippen LogP contribution in [0.5, 0.6) is 0 Å². The molecule has 0 bridgehead atoms. The fourth-order valence-corrected chi connectivity index (χ4v) is 3.09. The van der Waals surface area contributed by atoms with Gasteiger partial charge < -0.3 is 14.0 Å². The third kappa shape index (κ3) is 2.34. The first kappa shape index (κ1) is 12.9. The zero-order valence-electron chi connectivity index (χ0n) is 11.3. The van der Waals surface area contributed by atoms with Gasteiger partial charge >= 0.3 is 5.91 Å². The summed E-state index contributed by atoms with van der Waals surface area (Å²) in [7, 11) is 1.90. The summed E-state index contributed by atoms with van der Waals surface area (Å²) in [5.41, 5.74) is 2.24. The number of hydrogen-bond acceptors (Lipinski definition) is 4. The Bertz CT molecular complexity index is 770. The van der Waals surface area contributed by atoms with Crippen LogP contribution in [0.3, 0.4) is 0 Å². The highest BCUT2D eigenvalue weighted by molar-refractivity contribution is 7.16. The molecule has 1 aliphatic heterocycles. The van der Waals surface area contributed by atoms with Gasteiger partial charge in [-0.05, 0) is 24.6 Å². The second-order valence-electron chi connectivity index (χ2n) is 4.53. The number of fused-ring (bicyclic) bond motifs is 1. The SMILES string of the molecule is Cc1ccc2c(c1)sc(=NC(=O)C1=COCCO1)n2C. The highest BCUT2D eigenvalue weighted by Gasteiger charge is 2.14. The molecule has 0 spiro atoms. The molecule has 1 aromatic heterocycles. The summed E-state index contributed by atoms with van der Waals surface area (Å²) in [5.74, 6) is -0.256. The number of ether oxygens (including phenoxy) is 2. The van der Waals surface area contributed by atoms with Crippen molar-refractivity contribution in [2.24, 2.45) is 12.0 Å². The summed E-state index contributed by atoms with van der Waals surface area (Å²) in [5, 5.41) is 0. The summed E-state index contributed by atoms with van der Waals surface area (Å²) in [6, 6.07) is 6.16. The molecule has 0 unspecified atom stereocenters. The van der Waals surface area contributed by atoms with Gasteiger partial charge in [-0.3, -0.25) is 4.79 Å². The van der Waals surface area contributed by atoms with E-state index in [1.807, 2.05) is 30.7 Å². The van der Waals surface area contributed by atoms with Crippen LogP contribution in [0.2, 0.25) is 0 Å². The van der Waals surface area contributed by atoms with Crippen LogP contribution in [-0.2, 0) is 21.3 Å². The smallest absolute Gasteiger partial charge is 0.317 e. The highest BCUT2D eigenvalue weighted by atomic mass is 32.1. The number of aromatic nitrogens is 1. The van der Waals surface area contributed by atoms with E-state index in [4.69, 9.17) is 9.47 Å². The van der Waals surface area contributed by atoms with Gasteiger partial charge in [0, 0.05) is 7.05 Å². The number of benzene rings is 1. The van der Waals surface area contributed by atoms with Crippen molar-refractivity contribution in [3.8, 4) is 0 Å². The lowest BCUT2D eigenvalue weighted by molar-refractivity contribution is -0.119. The third-order valence-corrected chi connectivity index (χ3v) is 4.12. The molecule has 3 rings (SSSR count). The van der Waals surface area contributed by atoms with Crippen LogP contribution in [0.25, 0.3) is 10.2 Å². The number of nitrogens with zero attached hydrogens (tertiary/aromatic N) is 2. The van der Waals surface area contributed by atoms with Gasteiger partial charge in [0.2, 0.25) is 5.76 Å². The van der Waals surface area contributed by atoms with E-state index in [1.54, 1.807) is 0 Å². The lowest BCUT2D eigenvalue weighted by Gasteiger charge is -2.12. The molecular weight excluding hydrogens is 276 g/mol. The fourth-order valence-electron chi connectivity index (χ4n) is 1.97. The number of rotatable bonds is 1. The molecule has 0 atom stereocenters. The first-order chi connectivity index (χ1) is 9.65. The molecule has 1 aliphatic rings. The average Bonchev–Trinajstić information content (AvgIpc) is 2.75. The van der Waals surface area contributed by atoms with E-state index >= 15 is 0 Å². The molecule has 20 heavy (non-hydrogen) atoms. The van der Waals surface area contributed by atoms with Crippen LogP contribution in [-0.4, -0.2) is 23.7 Å². The topological polar surface area (TPSA) is 52.8 Å². The van der Waals surface area contributed by atoms with Crippen molar-refractivity contribution >= 4 is 27.5 Å². The standard InChI is InChI=1S/C14H14N2O3S/c1-9-3-4-10-12(7-9)20-14(16(10)2)15-13(17)11-8-18-5-6-19-11/h3-4,7-8H,5-6H2,1-2H3. The lowest BCUT2D eigenvalue weighted by atomic mass is 10.2. The Morgan fingerprint density at radius 3 is 3.00 bits per heavy atom. The zero-order chi connectivity index (χ0) is 14.1. The van der Waals surface area contributed by atoms with Gasteiger partial charge in [-0.1, -0.05) is 17.4 Å². The van der Waals surface area contributed by atoms with Crippen molar-refractivity contribution in [3.63, 3.8) is 0 Å². The van der Waals surface area contributed by atoms with Gasteiger partial charge in [-0.15, -0.1) is 0 Å². The molecule has 1 amide bonds. The van der Waals surface area contributed by atoms with Gasteiger partial charge in [-0.25, -0.2) is 0 Å².